The highest BCUT2D eigenvalue weighted by Gasteiger charge is 2.44. The molecule has 0 unspecified atom stereocenters. The molecule has 1 heterocycles. The molecule has 0 aliphatic carbocycles. The molecule has 0 fully saturated rings. The molecule has 4 aromatic carbocycles. The average molecular weight is 504 g/mol. The molecular weight excluding hydrogens is 481 g/mol. The van der Waals surface area contributed by atoms with E-state index in [1.54, 1.807) is 11.8 Å². The Bertz CT molecular complexity index is 1180. The molecule has 0 saturated carbocycles. The first-order valence-electron chi connectivity index (χ1n) is 11.1. The van der Waals surface area contributed by atoms with Gasteiger partial charge in [0.2, 0.25) is 0 Å². The van der Waals surface area contributed by atoms with Crippen LogP contribution in [-0.2, 0) is 9.58 Å². The monoisotopic (exact) mass is 503 g/mol. The largest absolute Gasteiger partial charge is 0.380 e. The van der Waals surface area contributed by atoms with Gasteiger partial charge < -0.3 is 4.84 Å². The second-order valence-corrected chi connectivity index (χ2v) is 10.4. The van der Waals surface area contributed by atoms with Gasteiger partial charge in [-0.05, 0) is 28.8 Å². The quantitative estimate of drug-likeness (QED) is 0.246. The Kier molecular flexibility index (Phi) is 6.69. The minimum Gasteiger partial charge on any atom is -0.380 e. The molecule has 34 heavy (non-hydrogen) atoms. The maximum atomic E-state index is 6.52. The highest BCUT2D eigenvalue weighted by atomic mass is 35.5. The molecular formula is C29H23Cl2NOS. The SMILES string of the molecule is C[C@H]1C(c2c(Cl)cccc2Cl)=NO[C@H]1SC(c1ccccc1)(c1ccccc1)c1ccccc1. The minimum absolute atomic E-state index is 0.0297. The van der Waals surface area contributed by atoms with E-state index in [2.05, 4.69) is 84.9 Å². The van der Waals surface area contributed by atoms with Crippen molar-refractivity contribution in [3.8, 4) is 0 Å². The second kappa shape index (κ2) is 9.87. The normalized spacial score (nSPS) is 17.8. The van der Waals surface area contributed by atoms with Crippen molar-refractivity contribution >= 4 is 40.7 Å². The van der Waals surface area contributed by atoms with Crippen LogP contribution in [0, 0.1) is 5.92 Å². The molecule has 0 saturated heterocycles. The Labute approximate surface area is 214 Å². The third-order valence-corrected chi connectivity index (χ3v) is 8.56. The maximum Gasteiger partial charge on any atom is 0.182 e. The molecule has 0 aromatic heterocycles. The van der Waals surface area contributed by atoms with Gasteiger partial charge in [-0.25, -0.2) is 0 Å². The zero-order chi connectivity index (χ0) is 23.5. The summed E-state index contributed by atoms with van der Waals surface area (Å²) in [6.45, 7) is 2.12. The molecule has 2 atom stereocenters. The lowest BCUT2D eigenvalue weighted by molar-refractivity contribution is 0.130. The van der Waals surface area contributed by atoms with E-state index < -0.39 is 4.75 Å². The van der Waals surface area contributed by atoms with Crippen LogP contribution in [0.1, 0.15) is 29.2 Å². The molecule has 1 aliphatic heterocycles. The van der Waals surface area contributed by atoms with Crippen molar-refractivity contribution in [3.63, 3.8) is 0 Å². The van der Waals surface area contributed by atoms with Crippen molar-refractivity contribution < 1.29 is 4.84 Å². The van der Waals surface area contributed by atoms with Gasteiger partial charge in [0.1, 0.15) is 0 Å². The third-order valence-electron chi connectivity index (χ3n) is 6.15. The number of thioether (sulfide) groups is 1. The Hall–Kier alpha value is -2.72. The first kappa shape index (κ1) is 23.0. The van der Waals surface area contributed by atoms with E-state index in [0.717, 1.165) is 11.3 Å². The summed E-state index contributed by atoms with van der Waals surface area (Å²) in [7, 11) is 0. The summed E-state index contributed by atoms with van der Waals surface area (Å²) in [5, 5.41) is 5.64. The first-order valence-corrected chi connectivity index (χ1v) is 12.8. The van der Waals surface area contributed by atoms with E-state index in [9.17, 15) is 0 Å². The fourth-order valence-electron chi connectivity index (χ4n) is 4.45. The van der Waals surface area contributed by atoms with Crippen molar-refractivity contribution in [2.24, 2.45) is 11.1 Å². The highest BCUT2D eigenvalue weighted by Crippen LogP contribution is 2.53. The number of halogens is 2. The first-order chi connectivity index (χ1) is 16.6. The van der Waals surface area contributed by atoms with Crippen LogP contribution in [0.3, 0.4) is 0 Å². The maximum absolute atomic E-state index is 6.52. The van der Waals surface area contributed by atoms with Crippen LogP contribution in [0.25, 0.3) is 0 Å². The lowest BCUT2D eigenvalue weighted by Crippen LogP contribution is -2.31. The summed E-state index contributed by atoms with van der Waals surface area (Å²) in [6, 6.07) is 37.2. The molecule has 0 N–H and O–H groups in total. The van der Waals surface area contributed by atoms with Gasteiger partial charge >= 0.3 is 0 Å². The van der Waals surface area contributed by atoms with Gasteiger partial charge in [0, 0.05) is 5.56 Å². The summed E-state index contributed by atoms with van der Waals surface area (Å²) in [5.41, 5.74) is 4.80. The molecule has 4 aromatic rings. The number of hydrogen-bond donors (Lipinski definition) is 0. The van der Waals surface area contributed by atoms with Crippen molar-refractivity contribution in [3.05, 3.63) is 141 Å². The molecule has 0 radical (unpaired) electrons. The van der Waals surface area contributed by atoms with Crippen molar-refractivity contribution in [2.75, 3.05) is 0 Å². The highest BCUT2D eigenvalue weighted by molar-refractivity contribution is 8.01. The number of nitrogens with zero attached hydrogens (tertiary/aromatic N) is 1. The lowest BCUT2D eigenvalue weighted by atomic mass is 9.84. The van der Waals surface area contributed by atoms with Gasteiger partial charge in [0.05, 0.1) is 26.4 Å². The van der Waals surface area contributed by atoms with Gasteiger partial charge in [0.25, 0.3) is 0 Å². The van der Waals surface area contributed by atoms with Crippen LogP contribution in [0.5, 0.6) is 0 Å². The minimum atomic E-state index is -0.502. The predicted octanol–water partition coefficient (Wildman–Crippen LogP) is 8.42. The number of hydrogen-bond acceptors (Lipinski definition) is 3. The zero-order valence-corrected chi connectivity index (χ0v) is 20.9. The number of benzene rings is 4. The lowest BCUT2D eigenvalue weighted by Gasteiger charge is -2.37. The summed E-state index contributed by atoms with van der Waals surface area (Å²) in [4.78, 5) is 6.10. The van der Waals surface area contributed by atoms with Crippen LogP contribution in [0.4, 0.5) is 0 Å². The third kappa shape index (κ3) is 4.13. The van der Waals surface area contributed by atoms with Crippen LogP contribution in [-0.4, -0.2) is 11.1 Å². The number of oxime groups is 1. The van der Waals surface area contributed by atoms with Crippen LogP contribution in [0.15, 0.2) is 114 Å². The zero-order valence-electron chi connectivity index (χ0n) is 18.6. The molecule has 170 valence electrons. The van der Waals surface area contributed by atoms with Crippen molar-refractivity contribution in [2.45, 2.75) is 17.1 Å². The topological polar surface area (TPSA) is 21.6 Å². The second-order valence-electron chi connectivity index (χ2n) is 8.23. The fourth-order valence-corrected chi connectivity index (χ4v) is 6.62. The molecule has 2 nitrogen and oxygen atoms in total. The van der Waals surface area contributed by atoms with E-state index in [1.807, 2.05) is 36.4 Å². The fraction of sp³-hybridized carbons (Fsp3) is 0.138. The number of rotatable bonds is 6. The van der Waals surface area contributed by atoms with Gasteiger partial charge in [-0.2, -0.15) is 0 Å². The van der Waals surface area contributed by atoms with E-state index in [1.165, 1.54) is 16.7 Å². The van der Waals surface area contributed by atoms with Crippen LogP contribution >= 0.6 is 35.0 Å². The summed E-state index contributed by atoms with van der Waals surface area (Å²) >= 11 is 14.8. The van der Waals surface area contributed by atoms with Crippen molar-refractivity contribution in [1.29, 1.82) is 0 Å². The molecule has 1 aliphatic rings. The molecule has 5 heteroatoms. The Morgan fingerprint density at radius 3 is 1.56 bits per heavy atom. The molecule has 0 amide bonds. The van der Waals surface area contributed by atoms with E-state index in [0.29, 0.717) is 10.0 Å². The van der Waals surface area contributed by atoms with Crippen LogP contribution < -0.4 is 0 Å². The van der Waals surface area contributed by atoms with Crippen molar-refractivity contribution in [1.82, 2.24) is 0 Å². The van der Waals surface area contributed by atoms with E-state index in [-0.39, 0.29) is 11.4 Å². The molecule has 0 spiro atoms. The summed E-state index contributed by atoms with van der Waals surface area (Å²) in [5.74, 6) is -0.0297. The smallest absolute Gasteiger partial charge is 0.182 e. The standard InChI is InChI=1S/C29H23Cl2NOS/c1-20-27(26-24(30)18-11-19-25(26)31)32-33-28(20)34-29(21-12-5-2-6-13-21,22-14-7-3-8-15-22)23-16-9-4-10-17-23/h2-20,28H,1H3/t20-,28-/m0/s1. The average Bonchev–Trinajstić information content (AvgIpc) is 3.23. The van der Waals surface area contributed by atoms with E-state index >= 15 is 0 Å². The summed E-state index contributed by atoms with van der Waals surface area (Å²) in [6.07, 6.45) is 0. The van der Waals surface area contributed by atoms with Gasteiger partial charge in [-0.1, -0.05) is 144 Å². The van der Waals surface area contributed by atoms with Gasteiger partial charge in [-0.15, -0.1) is 0 Å². The molecule has 5 rings (SSSR count). The van der Waals surface area contributed by atoms with Gasteiger partial charge in [-0.3, -0.25) is 0 Å². The predicted molar refractivity (Wildman–Crippen MR) is 144 cm³/mol. The van der Waals surface area contributed by atoms with Gasteiger partial charge in [0.15, 0.2) is 5.44 Å². The van der Waals surface area contributed by atoms with Crippen LogP contribution in [0.2, 0.25) is 10.0 Å². The Balaban J connectivity index is 1.62. The Morgan fingerprint density at radius 2 is 1.12 bits per heavy atom. The molecule has 0 bridgehead atoms. The summed E-state index contributed by atoms with van der Waals surface area (Å²) < 4.78 is -0.502. The van der Waals surface area contributed by atoms with E-state index in [4.69, 9.17) is 28.0 Å². The Morgan fingerprint density at radius 1 is 0.676 bits per heavy atom.